The van der Waals surface area contributed by atoms with E-state index in [1.54, 1.807) is 0 Å². The molecule has 1 atom stereocenters. The molecule has 0 aliphatic heterocycles. The van der Waals surface area contributed by atoms with Crippen molar-refractivity contribution in [3.8, 4) is 0 Å². The predicted octanol–water partition coefficient (Wildman–Crippen LogP) is 2.39. The Hall–Kier alpha value is -1.88. The van der Waals surface area contributed by atoms with Crippen molar-refractivity contribution in [2.45, 2.75) is 46.6 Å². The van der Waals surface area contributed by atoms with E-state index in [9.17, 15) is 9.59 Å². The molecule has 0 saturated heterocycles. The average molecular weight is 292 g/mol. The van der Waals surface area contributed by atoms with E-state index in [1.165, 1.54) is 0 Å². The number of nitrogens with one attached hydrogen (secondary N) is 2. The van der Waals surface area contributed by atoms with Gasteiger partial charge in [-0.05, 0) is 38.3 Å². The molecule has 0 radical (unpaired) electrons. The highest BCUT2D eigenvalue weighted by Gasteiger charge is 2.17. The fourth-order valence-corrected chi connectivity index (χ4v) is 2.38. The van der Waals surface area contributed by atoms with E-state index in [1.807, 2.05) is 39.8 Å². The van der Waals surface area contributed by atoms with Gasteiger partial charge in [0.2, 0.25) is 5.91 Å². The molecule has 21 heavy (non-hydrogen) atoms. The summed E-state index contributed by atoms with van der Waals surface area (Å²) < 4.78 is 0. The van der Waals surface area contributed by atoms with Gasteiger partial charge in [-0.25, -0.2) is 0 Å². The van der Waals surface area contributed by atoms with Crippen molar-refractivity contribution in [1.29, 1.82) is 0 Å². The summed E-state index contributed by atoms with van der Waals surface area (Å²) in [6.07, 6.45) is 1.26. The second kappa shape index (κ2) is 7.78. The van der Waals surface area contributed by atoms with Gasteiger partial charge in [0.1, 0.15) is 6.04 Å². The number of carboxylic acid groups (broad SMARTS) is 1. The zero-order valence-electron chi connectivity index (χ0n) is 13.1. The molecule has 0 spiro atoms. The standard InChI is InChI=1S/C16H24N2O3/c1-5-6-13(16(20)21)17-9-14(19)18-15-11(3)7-10(2)8-12(15)4/h7-8,13,17H,5-6,9H2,1-4H3,(H,18,19)(H,20,21). The highest BCUT2D eigenvalue weighted by Crippen LogP contribution is 2.21. The van der Waals surface area contributed by atoms with Crippen molar-refractivity contribution < 1.29 is 14.7 Å². The van der Waals surface area contributed by atoms with Gasteiger partial charge >= 0.3 is 5.97 Å². The normalized spacial score (nSPS) is 12.0. The Balaban J connectivity index is 2.64. The lowest BCUT2D eigenvalue weighted by atomic mass is 10.1. The number of aryl methyl sites for hydroxylation is 3. The SMILES string of the molecule is CCCC(NCC(=O)Nc1c(C)cc(C)cc1C)C(=O)O. The van der Waals surface area contributed by atoms with Crippen LogP contribution in [0.3, 0.4) is 0 Å². The van der Waals surface area contributed by atoms with Gasteiger partial charge in [0, 0.05) is 5.69 Å². The second-order valence-corrected chi connectivity index (χ2v) is 5.38. The summed E-state index contributed by atoms with van der Waals surface area (Å²) in [5.41, 5.74) is 3.96. The molecule has 0 heterocycles. The fourth-order valence-electron chi connectivity index (χ4n) is 2.38. The van der Waals surface area contributed by atoms with E-state index < -0.39 is 12.0 Å². The molecule has 5 heteroatoms. The van der Waals surface area contributed by atoms with Crippen molar-refractivity contribution in [2.75, 3.05) is 11.9 Å². The summed E-state index contributed by atoms with van der Waals surface area (Å²) in [5, 5.41) is 14.7. The topological polar surface area (TPSA) is 78.4 Å². The van der Waals surface area contributed by atoms with E-state index >= 15 is 0 Å². The summed E-state index contributed by atoms with van der Waals surface area (Å²) in [6, 6.07) is 3.33. The van der Waals surface area contributed by atoms with Gasteiger partial charge in [-0.1, -0.05) is 31.0 Å². The van der Waals surface area contributed by atoms with E-state index in [-0.39, 0.29) is 12.5 Å². The van der Waals surface area contributed by atoms with Gasteiger partial charge in [0.25, 0.3) is 0 Å². The lowest BCUT2D eigenvalue weighted by Gasteiger charge is -2.15. The highest BCUT2D eigenvalue weighted by molar-refractivity contribution is 5.94. The Bertz CT molecular complexity index is 503. The van der Waals surface area contributed by atoms with Crippen LogP contribution in [0.4, 0.5) is 5.69 Å². The molecule has 0 fully saturated rings. The number of carboxylic acids is 1. The number of rotatable bonds is 7. The first-order chi connectivity index (χ1) is 9.85. The smallest absolute Gasteiger partial charge is 0.320 e. The van der Waals surface area contributed by atoms with Gasteiger partial charge < -0.3 is 10.4 Å². The molecule has 0 aliphatic carbocycles. The first kappa shape index (κ1) is 17.2. The van der Waals surface area contributed by atoms with Crippen LogP contribution in [0.1, 0.15) is 36.5 Å². The number of benzene rings is 1. The largest absolute Gasteiger partial charge is 0.480 e. The molecular formula is C16H24N2O3. The Morgan fingerprint density at radius 1 is 1.19 bits per heavy atom. The van der Waals surface area contributed by atoms with Crippen molar-refractivity contribution in [2.24, 2.45) is 0 Å². The maximum Gasteiger partial charge on any atom is 0.320 e. The van der Waals surface area contributed by atoms with Crippen LogP contribution in [-0.2, 0) is 9.59 Å². The molecule has 1 rings (SSSR count). The van der Waals surface area contributed by atoms with Gasteiger partial charge in [-0.3, -0.25) is 14.9 Å². The first-order valence-corrected chi connectivity index (χ1v) is 7.19. The van der Waals surface area contributed by atoms with E-state index in [2.05, 4.69) is 10.6 Å². The number of hydrogen-bond donors (Lipinski definition) is 3. The zero-order valence-corrected chi connectivity index (χ0v) is 13.1. The van der Waals surface area contributed by atoms with Crippen LogP contribution in [0.2, 0.25) is 0 Å². The molecule has 0 aliphatic rings. The molecule has 116 valence electrons. The lowest BCUT2D eigenvalue weighted by Crippen LogP contribution is -2.41. The third-order valence-corrected chi connectivity index (χ3v) is 3.33. The van der Waals surface area contributed by atoms with Crippen LogP contribution >= 0.6 is 0 Å². The predicted molar refractivity (Wildman–Crippen MR) is 83.6 cm³/mol. The van der Waals surface area contributed by atoms with Crippen LogP contribution in [0.5, 0.6) is 0 Å². The van der Waals surface area contributed by atoms with Crippen LogP contribution in [0.15, 0.2) is 12.1 Å². The minimum Gasteiger partial charge on any atom is -0.480 e. The zero-order chi connectivity index (χ0) is 16.0. The number of aliphatic carboxylic acids is 1. The molecule has 1 aromatic rings. The minimum atomic E-state index is -0.924. The number of carbonyl (C=O) groups is 2. The fraction of sp³-hybridized carbons (Fsp3) is 0.500. The Morgan fingerprint density at radius 3 is 2.24 bits per heavy atom. The Morgan fingerprint density at radius 2 is 1.76 bits per heavy atom. The molecule has 0 aromatic heterocycles. The number of amides is 1. The Labute approximate surface area is 125 Å². The monoisotopic (exact) mass is 292 g/mol. The summed E-state index contributed by atoms with van der Waals surface area (Å²) in [7, 11) is 0. The molecular weight excluding hydrogens is 268 g/mol. The van der Waals surface area contributed by atoms with Crippen molar-refractivity contribution in [1.82, 2.24) is 5.32 Å². The summed E-state index contributed by atoms with van der Waals surface area (Å²) >= 11 is 0. The Kier molecular flexibility index (Phi) is 6.37. The van der Waals surface area contributed by atoms with Crippen LogP contribution < -0.4 is 10.6 Å². The molecule has 1 unspecified atom stereocenters. The summed E-state index contributed by atoms with van der Waals surface area (Å²) in [4.78, 5) is 23.0. The van der Waals surface area contributed by atoms with E-state index in [0.717, 1.165) is 28.8 Å². The van der Waals surface area contributed by atoms with Crippen molar-refractivity contribution in [3.05, 3.63) is 28.8 Å². The maximum atomic E-state index is 12.0. The van der Waals surface area contributed by atoms with Gasteiger partial charge in [0.05, 0.1) is 6.54 Å². The lowest BCUT2D eigenvalue weighted by molar-refractivity contribution is -0.139. The summed E-state index contributed by atoms with van der Waals surface area (Å²) in [6.45, 7) is 7.80. The number of carbonyl (C=O) groups excluding carboxylic acids is 1. The maximum absolute atomic E-state index is 12.0. The van der Waals surface area contributed by atoms with Gasteiger partial charge in [-0.2, -0.15) is 0 Å². The van der Waals surface area contributed by atoms with Crippen molar-refractivity contribution >= 4 is 17.6 Å². The quantitative estimate of drug-likeness (QED) is 0.721. The van der Waals surface area contributed by atoms with Crippen LogP contribution in [0, 0.1) is 20.8 Å². The molecule has 1 aromatic carbocycles. The van der Waals surface area contributed by atoms with Crippen LogP contribution in [0.25, 0.3) is 0 Å². The molecule has 5 nitrogen and oxygen atoms in total. The van der Waals surface area contributed by atoms with Crippen LogP contribution in [-0.4, -0.2) is 29.6 Å². The minimum absolute atomic E-state index is 0.0102. The average Bonchev–Trinajstić information content (AvgIpc) is 2.38. The molecule has 0 saturated carbocycles. The highest BCUT2D eigenvalue weighted by atomic mass is 16.4. The van der Waals surface area contributed by atoms with Crippen molar-refractivity contribution in [3.63, 3.8) is 0 Å². The third-order valence-electron chi connectivity index (χ3n) is 3.33. The number of hydrogen-bond acceptors (Lipinski definition) is 3. The van der Waals surface area contributed by atoms with E-state index in [4.69, 9.17) is 5.11 Å². The molecule has 0 bridgehead atoms. The number of anilines is 1. The van der Waals surface area contributed by atoms with Gasteiger partial charge in [-0.15, -0.1) is 0 Å². The van der Waals surface area contributed by atoms with Gasteiger partial charge in [0.15, 0.2) is 0 Å². The second-order valence-electron chi connectivity index (χ2n) is 5.38. The third kappa shape index (κ3) is 5.19. The molecule has 3 N–H and O–H groups in total. The first-order valence-electron chi connectivity index (χ1n) is 7.19. The summed E-state index contributed by atoms with van der Waals surface area (Å²) in [5.74, 6) is -1.15. The molecule has 1 amide bonds. The van der Waals surface area contributed by atoms with E-state index in [0.29, 0.717) is 6.42 Å².